The number of carbonyl (C=O) groups is 1. The monoisotopic (exact) mass is 418 g/mol. The minimum Gasteiger partial charge on any atom is -0.349 e. The van der Waals surface area contributed by atoms with E-state index in [1.54, 1.807) is 0 Å². The summed E-state index contributed by atoms with van der Waals surface area (Å²) in [7, 11) is 0. The smallest absolute Gasteiger partial charge is 0.349 e. The van der Waals surface area contributed by atoms with E-state index in [1.807, 2.05) is 0 Å². The highest BCUT2D eigenvalue weighted by Crippen LogP contribution is 2.38. The van der Waals surface area contributed by atoms with Gasteiger partial charge in [0.15, 0.2) is 5.82 Å². The molecular formula is C18H16F6N4O. The van der Waals surface area contributed by atoms with Crippen molar-refractivity contribution >= 4 is 5.91 Å². The largest absolute Gasteiger partial charge is 0.416 e. The lowest BCUT2D eigenvalue weighted by molar-refractivity contribution is -0.143. The highest BCUT2D eigenvalue weighted by Gasteiger charge is 2.37. The first-order valence-corrected chi connectivity index (χ1v) is 8.68. The highest BCUT2D eigenvalue weighted by atomic mass is 19.4. The van der Waals surface area contributed by atoms with Crippen LogP contribution in [0, 0.1) is 0 Å². The molecule has 5 nitrogen and oxygen atoms in total. The molecule has 0 saturated carbocycles. The van der Waals surface area contributed by atoms with Gasteiger partial charge in [0.05, 0.1) is 11.1 Å². The second kappa shape index (κ2) is 7.97. The van der Waals surface area contributed by atoms with E-state index in [1.165, 1.54) is 6.07 Å². The first-order chi connectivity index (χ1) is 13.5. The average molecular weight is 418 g/mol. The maximum Gasteiger partial charge on any atom is 0.416 e. The van der Waals surface area contributed by atoms with Crippen molar-refractivity contribution in [2.24, 2.45) is 0 Å². The molecule has 0 bridgehead atoms. The fraction of sp³-hybridized carbons (Fsp3) is 0.389. The zero-order chi connectivity index (χ0) is 21.2. The number of rotatable bonds is 4. The average Bonchev–Trinajstić information content (AvgIpc) is 3.18. The number of amides is 1. The van der Waals surface area contributed by atoms with Crippen molar-refractivity contribution in [1.29, 1.82) is 0 Å². The van der Waals surface area contributed by atoms with Gasteiger partial charge < -0.3 is 10.6 Å². The summed E-state index contributed by atoms with van der Waals surface area (Å²) in [5.74, 6) is -1.00. The van der Waals surface area contributed by atoms with Crippen LogP contribution in [0.15, 0.2) is 30.5 Å². The molecular weight excluding hydrogens is 402 g/mol. The normalized spacial score (nSPS) is 17.4. The third kappa shape index (κ3) is 5.22. The number of hydrogen-bond acceptors (Lipinski definition) is 4. The standard InChI is InChI=1S/C18H16F6N4O/c19-17(20,21)11-6-10(7-12(8-11)18(22,23)24)15-26-5-3-14(28-15)16(29)27-9-13-2-1-4-25-13/h3,5-8,13,25H,1-2,4,9H2,(H,27,29). The molecule has 0 radical (unpaired) electrons. The Balaban J connectivity index is 1.90. The van der Waals surface area contributed by atoms with Crippen LogP contribution < -0.4 is 10.6 Å². The van der Waals surface area contributed by atoms with Crippen LogP contribution in [0.3, 0.4) is 0 Å². The zero-order valence-corrected chi connectivity index (χ0v) is 14.9. The molecule has 1 aliphatic heterocycles. The van der Waals surface area contributed by atoms with Gasteiger partial charge in [-0.1, -0.05) is 0 Å². The number of carbonyl (C=O) groups excluding carboxylic acids is 1. The Bertz CT molecular complexity index is 858. The van der Waals surface area contributed by atoms with Crippen molar-refractivity contribution in [2.75, 3.05) is 13.1 Å². The number of alkyl halides is 6. The van der Waals surface area contributed by atoms with Crippen molar-refractivity contribution in [3.63, 3.8) is 0 Å². The van der Waals surface area contributed by atoms with E-state index in [9.17, 15) is 31.1 Å². The molecule has 1 aromatic heterocycles. The van der Waals surface area contributed by atoms with Gasteiger partial charge in [-0.2, -0.15) is 26.3 Å². The quantitative estimate of drug-likeness (QED) is 0.744. The molecule has 29 heavy (non-hydrogen) atoms. The van der Waals surface area contributed by atoms with Gasteiger partial charge in [-0.3, -0.25) is 4.79 Å². The third-order valence-electron chi connectivity index (χ3n) is 4.41. The molecule has 1 aliphatic rings. The first kappa shape index (κ1) is 21.0. The molecule has 11 heteroatoms. The summed E-state index contributed by atoms with van der Waals surface area (Å²) < 4.78 is 78.2. The van der Waals surface area contributed by atoms with Crippen LogP contribution in [-0.2, 0) is 12.4 Å². The van der Waals surface area contributed by atoms with Gasteiger partial charge in [-0.15, -0.1) is 0 Å². The number of nitrogens with zero attached hydrogens (tertiary/aromatic N) is 2. The number of halogens is 6. The number of benzene rings is 1. The minimum atomic E-state index is -4.99. The van der Waals surface area contributed by atoms with Crippen LogP contribution in [0.2, 0.25) is 0 Å². The summed E-state index contributed by atoms with van der Waals surface area (Å²) in [6.07, 6.45) is -6.99. The summed E-state index contributed by atoms with van der Waals surface area (Å²) in [5, 5.41) is 5.82. The van der Waals surface area contributed by atoms with Crippen molar-refractivity contribution in [3.8, 4) is 11.4 Å². The number of nitrogens with one attached hydrogen (secondary N) is 2. The van der Waals surface area contributed by atoms with E-state index in [0.29, 0.717) is 18.7 Å². The van der Waals surface area contributed by atoms with Gasteiger partial charge in [0.2, 0.25) is 0 Å². The molecule has 1 unspecified atom stereocenters. The lowest BCUT2D eigenvalue weighted by Gasteiger charge is -2.14. The fourth-order valence-corrected chi connectivity index (χ4v) is 2.95. The summed E-state index contributed by atoms with van der Waals surface area (Å²) in [6.45, 7) is 1.18. The van der Waals surface area contributed by atoms with Crippen LogP contribution >= 0.6 is 0 Å². The lowest BCUT2D eigenvalue weighted by atomic mass is 10.0. The molecule has 156 valence electrons. The van der Waals surface area contributed by atoms with Crippen molar-refractivity contribution < 1.29 is 31.1 Å². The van der Waals surface area contributed by atoms with E-state index in [4.69, 9.17) is 0 Å². The van der Waals surface area contributed by atoms with Crippen LogP contribution in [0.4, 0.5) is 26.3 Å². The Hall–Kier alpha value is -2.69. The Morgan fingerprint density at radius 2 is 1.76 bits per heavy atom. The molecule has 3 rings (SSSR count). The molecule has 1 atom stereocenters. The Morgan fingerprint density at radius 3 is 2.31 bits per heavy atom. The van der Waals surface area contributed by atoms with Gasteiger partial charge in [0, 0.05) is 24.3 Å². The number of aromatic nitrogens is 2. The van der Waals surface area contributed by atoms with E-state index in [-0.39, 0.29) is 17.8 Å². The Morgan fingerprint density at radius 1 is 1.10 bits per heavy atom. The van der Waals surface area contributed by atoms with Gasteiger partial charge >= 0.3 is 12.4 Å². The summed E-state index contributed by atoms with van der Waals surface area (Å²) in [5.41, 5.74) is -3.60. The predicted octanol–water partition coefficient (Wildman–Crippen LogP) is 3.66. The Labute approximate surface area is 161 Å². The zero-order valence-electron chi connectivity index (χ0n) is 14.9. The van der Waals surface area contributed by atoms with Gasteiger partial charge in [0.25, 0.3) is 5.91 Å². The second-order valence-electron chi connectivity index (χ2n) is 6.56. The molecule has 2 heterocycles. The molecule has 1 saturated heterocycles. The number of hydrogen-bond donors (Lipinski definition) is 2. The van der Waals surface area contributed by atoms with Gasteiger partial charge in [-0.25, -0.2) is 9.97 Å². The summed E-state index contributed by atoms with van der Waals surface area (Å²) in [4.78, 5) is 19.8. The third-order valence-corrected chi connectivity index (χ3v) is 4.41. The van der Waals surface area contributed by atoms with Crippen molar-refractivity contribution in [2.45, 2.75) is 31.2 Å². The maximum atomic E-state index is 13.0. The molecule has 1 fully saturated rings. The minimum absolute atomic E-state index is 0.0225. The summed E-state index contributed by atoms with van der Waals surface area (Å²) >= 11 is 0. The Kier molecular flexibility index (Phi) is 5.78. The highest BCUT2D eigenvalue weighted by molar-refractivity contribution is 5.92. The topological polar surface area (TPSA) is 66.9 Å². The molecule has 2 aromatic rings. The predicted molar refractivity (Wildman–Crippen MR) is 90.8 cm³/mol. The van der Waals surface area contributed by atoms with Crippen molar-refractivity contribution in [3.05, 3.63) is 47.3 Å². The molecule has 1 aromatic carbocycles. The SMILES string of the molecule is O=C(NCC1CCCN1)c1ccnc(-c2cc(C(F)(F)F)cc(C(F)(F)F)c2)n1. The molecule has 1 amide bonds. The van der Waals surface area contributed by atoms with Gasteiger partial charge in [-0.05, 0) is 43.7 Å². The fourth-order valence-electron chi connectivity index (χ4n) is 2.95. The summed E-state index contributed by atoms with van der Waals surface area (Å²) in [6, 6.07) is 2.41. The van der Waals surface area contributed by atoms with Crippen LogP contribution in [0.25, 0.3) is 11.4 Å². The van der Waals surface area contributed by atoms with Crippen LogP contribution in [0.1, 0.15) is 34.5 Å². The lowest BCUT2D eigenvalue weighted by Crippen LogP contribution is -2.37. The second-order valence-corrected chi connectivity index (χ2v) is 6.56. The van der Waals surface area contributed by atoms with Crippen LogP contribution in [0.5, 0.6) is 0 Å². The first-order valence-electron chi connectivity index (χ1n) is 8.68. The van der Waals surface area contributed by atoms with Gasteiger partial charge in [0.1, 0.15) is 5.69 Å². The molecule has 0 spiro atoms. The van der Waals surface area contributed by atoms with E-state index >= 15 is 0 Å². The molecule has 0 aliphatic carbocycles. The van der Waals surface area contributed by atoms with Crippen LogP contribution in [-0.4, -0.2) is 35.0 Å². The molecule has 2 N–H and O–H groups in total. The van der Waals surface area contributed by atoms with Crippen molar-refractivity contribution in [1.82, 2.24) is 20.6 Å². The van der Waals surface area contributed by atoms with E-state index < -0.39 is 40.8 Å². The van der Waals surface area contributed by atoms with E-state index in [2.05, 4.69) is 20.6 Å². The maximum absolute atomic E-state index is 13.0. The van der Waals surface area contributed by atoms with E-state index in [0.717, 1.165) is 25.6 Å².